The Morgan fingerprint density at radius 3 is 2.72 bits per heavy atom. The molecule has 0 amide bonds. The Kier molecular flexibility index (Phi) is 6.86. The fourth-order valence-corrected chi connectivity index (χ4v) is 1.82. The Bertz CT molecular complexity index is 346. The lowest BCUT2D eigenvalue weighted by molar-refractivity contribution is 0.0276. The average Bonchev–Trinajstić information content (AvgIpc) is 2.34. The van der Waals surface area contributed by atoms with Gasteiger partial charge in [-0.15, -0.1) is 0 Å². The van der Waals surface area contributed by atoms with Gasteiger partial charge in [0.1, 0.15) is 5.82 Å². The number of benzene rings is 1. The summed E-state index contributed by atoms with van der Waals surface area (Å²) in [5, 5.41) is 3.36. The number of hydrogen-bond donors (Lipinski definition) is 1. The second-order valence-corrected chi connectivity index (χ2v) is 4.46. The minimum absolute atomic E-state index is 0.0463. The highest BCUT2D eigenvalue weighted by atomic mass is 19.1. The first-order chi connectivity index (χ1) is 8.65. The second kappa shape index (κ2) is 8.19. The number of halogens is 1. The fraction of sp³-hybridized carbons (Fsp3) is 0.571. The van der Waals surface area contributed by atoms with Crippen LogP contribution in [0, 0.1) is 5.82 Å². The van der Waals surface area contributed by atoms with Crippen LogP contribution < -0.4 is 5.32 Å². The van der Waals surface area contributed by atoms with Crippen molar-refractivity contribution in [1.29, 1.82) is 0 Å². The highest BCUT2D eigenvalue weighted by Crippen LogP contribution is 2.06. The lowest BCUT2D eigenvalue weighted by Gasteiger charge is -2.19. The molecule has 1 rings (SSSR count). The van der Waals surface area contributed by atoms with E-state index in [2.05, 4.69) is 12.2 Å². The van der Waals surface area contributed by atoms with E-state index < -0.39 is 0 Å². The van der Waals surface area contributed by atoms with Crippen molar-refractivity contribution >= 4 is 0 Å². The van der Waals surface area contributed by atoms with E-state index in [4.69, 9.17) is 9.47 Å². The topological polar surface area (TPSA) is 30.5 Å². The summed E-state index contributed by atoms with van der Waals surface area (Å²) in [6.07, 6.45) is 0.839. The molecule has 0 saturated heterocycles. The molecule has 0 bridgehead atoms. The monoisotopic (exact) mass is 255 g/mol. The van der Waals surface area contributed by atoms with E-state index in [1.165, 1.54) is 6.07 Å². The smallest absolute Gasteiger partial charge is 0.123 e. The summed E-state index contributed by atoms with van der Waals surface area (Å²) in [7, 11) is 3.32. The van der Waals surface area contributed by atoms with E-state index in [1.54, 1.807) is 26.4 Å². The van der Waals surface area contributed by atoms with Crippen LogP contribution in [0.1, 0.15) is 12.5 Å². The standard InChI is InChI=1S/C14H22FNO2/c1-11(16-9-14(18-3)10-17-2)7-12-5-4-6-13(15)8-12/h4-6,8,11,14,16H,7,9-10H2,1-3H3. The van der Waals surface area contributed by atoms with Crippen molar-refractivity contribution in [3.63, 3.8) is 0 Å². The molecule has 4 heteroatoms. The van der Waals surface area contributed by atoms with Crippen LogP contribution in [0.25, 0.3) is 0 Å². The van der Waals surface area contributed by atoms with Gasteiger partial charge in [-0.25, -0.2) is 4.39 Å². The Morgan fingerprint density at radius 1 is 1.33 bits per heavy atom. The maximum absolute atomic E-state index is 13.0. The van der Waals surface area contributed by atoms with Gasteiger partial charge >= 0.3 is 0 Å². The van der Waals surface area contributed by atoms with Crippen LogP contribution in [-0.4, -0.2) is 39.5 Å². The molecule has 3 nitrogen and oxygen atoms in total. The van der Waals surface area contributed by atoms with E-state index in [1.807, 2.05) is 6.07 Å². The molecule has 2 atom stereocenters. The number of methoxy groups -OCH3 is 2. The number of rotatable bonds is 8. The van der Waals surface area contributed by atoms with Crippen LogP contribution in [0.15, 0.2) is 24.3 Å². The van der Waals surface area contributed by atoms with Gasteiger partial charge < -0.3 is 14.8 Å². The van der Waals surface area contributed by atoms with Crippen LogP contribution >= 0.6 is 0 Å². The molecule has 102 valence electrons. The van der Waals surface area contributed by atoms with Crippen LogP contribution in [0.2, 0.25) is 0 Å². The molecular formula is C14H22FNO2. The normalized spacial score (nSPS) is 14.4. The van der Waals surface area contributed by atoms with Gasteiger partial charge in [0.2, 0.25) is 0 Å². The van der Waals surface area contributed by atoms with E-state index in [0.29, 0.717) is 6.61 Å². The summed E-state index contributed by atoms with van der Waals surface area (Å²) in [5.41, 5.74) is 0.996. The van der Waals surface area contributed by atoms with E-state index in [-0.39, 0.29) is 18.0 Å². The van der Waals surface area contributed by atoms with Gasteiger partial charge in [0, 0.05) is 26.8 Å². The van der Waals surface area contributed by atoms with Crippen molar-refractivity contribution in [2.24, 2.45) is 0 Å². The van der Waals surface area contributed by atoms with Crippen molar-refractivity contribution in [1.82, 2.24) is 5.32 Å². The quantitative estimate of drug-likeness (QED) is 0.771. The minimum atomic E-state index is -0.186. The Balaban J connectivity index is 2.35. The molecule has 0 aliphatic heterocycles. The second-order valence-electron chi connectivity index (χ2n) is 4.46. The van der Waals surface area contributed by atoms with Crippen LogP contribution in [-0.2, 0) is 15.9 Å². The molecule has 0 saturated carbocycles. The third-order valence-corrected chi connectivity index (χ3v) is 2.81. The molecule has 0 spiro atoms. The first-order valence-corrected chi connectivity index (χ1v) is 6.15. The van der Waals surface area contributed by atoms with Crippen LogP contribution in [0.4, 0.5) is 4.39 Å². The third kappa shape index (κ3) is 5.58. The number of hydrogen-bond acceptors (Lipinski definition) is 3. The summed E-state index contributed by atoms with van der Waals surface area (Å²) < 4.78 is 23.3. The highest BCUT2D eigenvalue weighted by Gasteiger charge is 2.09. The summed E-state index contributed by atoms with van der Waals surface area (Å²) in [5.74, 6) is -0.186. The highest BCUT2D eigenvalue weighted by molar-refractivity contribution is 5.17. The SMILES string of the molecule is COCC(CNC(C)Cc1cccc(F)c1)OC. The molecule has 1 aromatic rings. The number of ether oxygens (including phenoxy) is 2. The summed E-state index contributed by atoms with van der Waals surface area (Å²) in [6.45, 7) is 3.36. The molecule has 1 aromatic carbocycles. The van der Waals surface area contributed by atoms with Gasteiger partial charge in [0.05, 0.1) is 12.7 Å². The molecule has 0 radical (unpaired) electrons. The van der Waals surface area contributed by atoms with Crippen molar-refractivity contribution in [2.45, 2.75) is 25.5 Å². The molecule has 0 fully saturated rings. The zero-order valence-corrected chi connectivity index (χ0v) is 11.3. The Morgan fingerprint density at radius 2 is 2.11 bits per heavy atom. The molecule has 18 heavy (non-hydrogen) atoms. The van der Waals surface area contributed by atoms with Gasteiger partial charge in [0.25, 0.3) is 0 Å². The minimum Gasteiger partial charge on any atom is -0.382 e. The van der Waals surface area contributed by atoms with E-state index in [0.717, 1.165) is 18.5 Å². The van der Waals surface area contributed by atoms with Crippen LogP contribution in [0.5, 0.6) is 0 Å². The Labute approximate surface area is 108 Å². The molecule has 0 heterocycles. The van der Waals surface area contributed by atoms with Gasteiger partial charge in [-0.2, -0.15) is 0 Å². The van der Waals surface area contributed by atoms with Gasteiger partial charge in [-0.3, -0.25) is 0 Å². The van der Waals surface area contributed by atoms with Crippen molar-refractivity contribution in [2.75, 3.05) is 27.4 Å². The summed E-state index contributed by atoms with van der Waals surface area (Å²) >= 11 is 0. The fourth-order valence-electron chi connectivity index (χ4n) is 1.82. The summed E-state index contributed by atoms with van der Waals surface area (Å²) in [6, 6.07) is 6.97. The van der Waals surface area contributed by atoms with Gasteiger partial charge in [-0.05, 0) is 31.0 Å². The Hall–Kier alpha value is -0.970. The first-order valence-electron chi connectivity index (χ1n) is 6.15. The lowest BCUT2D eigenvalue weighted by Crippen LogP contribution is -2.37. The third-order valence-electron chi connectivity index (χ3n) is 2.81. The zero-order valence-electron chi connectivity index (χ0n) is 11.3. The molecule has 0 aromatic heterocycles. The predicted octanol–water partition coefficient (Wildman–Crippen LogP) is 2.01. The van der Waals surface area contributed by atoms with E-state index >= 15 is 0 Å². The lowest BCUT2D eigenvalue weighted by atomic mass is 10.1. The van der Waals surface area contributed by atoms with E-state index in [9.17, 15) is 4.39 Å². The maximum atomic E-state index is 13.0. The van der Waals surface area contributed by atoms with Gasteiger partial charge in [0.15, 0.2) is 0 Å². The van der Waals surface area contributed by atoms with Crippen molar-refractivity contribution < 1.29 is 13.9 Å². The molecule has 0 aliphatic carbocycles. The van der Waals surface area contributed by atoms with Crippen molar-refractivity contribution in [3.8, 4) is 0 Å². The zero-order chi connectivity index (χ0) is 13.4. The van der Waals surface area contributed by atoms with Crippen LogP contribution in [0.3, 0.4) is 0 Å². The number of nitrogens with one attached hydrogen (secondary N) is 1. The summed E-state index contributed by atoms with van der Waals surface area (Å²) in [4.78, 5) is 0. The van der Waals surface area contributed by atoms with Crippen molar-refractivity contribution in [3.05, 3.63) is 35.6 Å². The first kappa shape index (κ1) is 15.1. The predicted molar refractivity (Wildman–Crippen MR) is 70.2 cm³/mol. The average molecular weight is 255 g/mol. The maximum Gasteiger partial charge on any atom is 0.123 e. The van der Waals surface area contributed by atoms with Gasteiger partial charge in [-0.1, -0.05) is 12.1 Å². The molecule has 0 aliphatic rings. The molecular weight excluding hydrogens is 233 g/mol. The molecule has 2 unspecified atom stereocenters. The largest absolute Gasteiger partial charge is 0.382 e. The molecule has 1 N–H and O–H groups in total.